The van der Waals surface area contributed by atoms with Crippen LogP contribution in [0.2, 0.25) is 0 Å². The van der Waals surface area contributed by atoms with Crippen LogP contribution in [-0.4, -0.2) is 30.1 Å². The zero-order valence-corrected chi connectivity index (χ0v) is 15.8. The van der Waals surface area contributed by atoms with Crippen molar-refractivity contribution in [1.29, 1.82) is 0 Å². The highest BCUT2D eigenvalue weighted by atomic mass is 32.2. The van der Waals surface area contributed by atoms with Gasteiger partial charge in [0.05, 0.1) is 16.6 Å². The molecule has 140 valence electrons. The fourth-order valence-corrected chi connectivity index (χ4v) is 4.32. The van der Waals surface area contributed by atoms with Gasteiger partial charge in [-0.25, -0.2) is 13.1 Å². The van der Waals surface area contributed by atoms with Gasteiger partial charge in [0.1, 0.15) is 0 Å². The third-order valence-corrected chi connectivity index (χ3v) is 6.28. The number of nitrogens with zero attached hydrogens (tertiary/aromatic N) is 2. The first kappa shape index (κ1) is 18.6. The number of aromatic nitrogens is 2. The lowest BCUT2D eigenvalue weighted by Gasteiger charge is -2.26. The van der Waals surface area contributed by atoms with Crippen LogP contribution in [0.1, 0.15) is 54.7 Å². The summed E-state index contributed by atoms with van der Waals surface area (Å²) < 4.78 is 29.3. The Labute approximate surface area is 153 Å². The van der Waals surface area contributed by atoms with Crippen molar-refractivity contribution >= 4 is 15.9 Å². The summed E-state index contributed by atoms with van der Waals surface area (Å²) in [6.45, 7) is 1.97. The van der Waals surface area contributed by atoms with Crippen LogP contribution in [-0.2, 0) is 17.1 Å². The molecule has 1 unspecified atom stereocenters. The monoisotopic (exact) mass is 376 g/mol. The Morgan fingerprint density at radius 1 is 1.35 bits per heavy atom. The van der Waals surface area contributed by atoms with Gasteiger partial charge in [0, 0.05) is 24.8 Å². The molecule has 2 N–H and O–H groups in total. The summed E-state index contributed by atoms with van der Waals surface area (Å²) in [5, 5.41) is 7.08. The van der Waals surface area contributed by atoms with Crippen molar-refractivity contribution < 1.29 is 13.2 Å². The molecule has 1 aromatic carbocycles. The SMILES string of the molecule is CCC(NC(=O)c1cccc(S(=O)(=O)NC2CCC2)c1)c1ccnn1C. The maximum absolute atomic E-state index is 12.6. The molecule has 2 aromatic rings. The maximum Gasteiger partial charge on any atom is 0.251 e. The van der Waals surface area contributed by atoms with E-state index in [2.05, 4.69) is 15.1 Å². The van der Waals surface area contributed by atoms with E-state index in [1.807, 2.05) is 20.0 Å². The Balaban J connectivity index is 1.76. The summed E-state index contributed by atoms with van der Waals surface area (Å²) in [4.78, 5) is 12.7. The summed E-state index contributed by atoms with van der Waals surface area (Å²) in [6, 6.07) is 7.82. The Bertz CT molecular complexity index is 887. The van der Waals surface area contributed by atoms with Gasteiger partial charge in [0.25, 0.3) is 5.91 Å². The number of rotatable bonds is 7. The van der Waals surface area contributed by atoms with Crippen molar-refractivity contribution in [2.24, 2.45) is 7.05 Å². The van der Waals surface area contributed by atoms with E-state index in [0.717, 1.165) is 25.0 Å². The molecular weight excluding hydrogens is 352 g/mol. The Hall–Kier alpha value is -2.19. The van der Waals surface area contributed by atoms with Crippen molar-refractivity contribution in [2.45, 2.75) is 49.6 Å². The molecule has 1 aliphatic carbocycles. The van der Waals surface area contributed by atoms with Crippen LogP contribution in [0.4, 0.5) is 0 Å². The molecular formula is C18H24N4O3S. The smallest absolute Gasteiger partial charge is 0.251 e. The molecule has 0 saturated heterocycles. The predicted octanol–water partition coefficient (Wildman–Crippen LogP) is 2.13. The molecule has 1 aromatic heterocycles. The summed E-state index contributed by atoms with van der Waals surface area (Å²) in [7, 11) is -1.78. The molecule has 1 aliphatic rings. The molecule has 0 bridgehead atoms. The number of carbonyl (C=O) groups excluding carboxylic acids is 1. The summed E-state index contributed by atoms with van der Waals surface area (Å²) >= 11 is 0. The van der Waals surface area contributed by atoms with Gasteiger partial charge in [-0.05, 0) is 43.5 Å². The Morgan fingerprint density at radius 2 is 2.12 bits per heavy atom. The van der Waals surface area contributed by atoms with Crippen LogP contribution in [0.5, 0.6) is 0 Å². The van der Waals surface area contributed by atoms with Crippen LogP contribution in [0.25, 0.3) is 0 Å². The van der Waals surface area contributed by atoms with Gasteiger partial charge in [-0.3, -0.25) is 9.48 Å². The minimum Gasteiger partial charge on any atom is -0.344 e. The molecule has 1 atom stereocenters. The van der Waals surface area contributed by atoms with E-state index in [1.165, 1.54) is 12.1 Å². The number of hydrogen-bond donors (Lipinski definition) is 2. The largest absolute Gasteiger partial charge is 0.344 e. The highest BCUT2D eigenvalue weighted by Crippen LogP contribution is 2.22. The molecule has 0 radical (unpaired) electrons. The Kier molecular flexibility index (Phi) is 5.43. The zero-order chi connectivity index (χ0) is 18.7. The second kappa shape index (κ2) is 7.59. The predicted molar refractivity (Wildman–Crippen MR) is 98.1 cm³/mol. The molecule has 26 heavy (non-hydrogen) atoms. The average Bonchev–Trinajstić information content (AvgIpc) is 3.02. The molecule has 8 heteroatoms. The molecule has 3 rings (SSSR count). The molecule has 0 spiro atoms. The first-order valence-corrected chi connectivity index (χ1v) is 10.3. The van der Waals surface area contributed by atoms with Gasteiger partial charge < -0.3 is 5.32 Å². The van der Waals surface area contributed by atoms with Gasteiger partial charge in [0.15, 0.2) is 0 Å². The fourth-order valence-electron chi connectivity index (χ4n) is 2.97. The lowest BCUT2D eigenvalue weighted by atomic mass is 9.94. The number of amides is 1. The molecule has 1 saturated carbocycles. The van der Waals surface area contributed by atoms with Crippen molar-refractivity contribution in [3.8, 4) is 0 Å². The second-order valence-corrected chi connectivity index (χ2v) is 8.30. The van der Waals surface area contributed by atoms with Gasteiger partial charge in [0.2, 0.25) is 10.0 Å². The summed E-state index contributed by atoms with van der Waals surface area (Å²) in [5.41, 5.74) is 1.22. The lowest BCUT2D eigenvalue weighted by Crippen LogP contribution is -2.39. The number of nitrogens with one attached hydrogen (secondary N) is 2. The first-order valence-electron chi connectivity index (χ1n) is 8.82. The number of sulfonamides is 1. The van der Waals surface area contributed by atoms with Gasteiger partial charge >= 0.3 is 0 Å². The van der Waals surface area contributed by atoms with E-state index in [-0.39, 0.29) is 22.9 Å². The van der Waals surface area contributed by atoms with Crippen molar-refractivity contribution in [2.75, 3.05) is 0 Å². The number of hydrogen-bond acceptors (Lipinski definition) is 4. The molecule has 7 nitrogen and oxygen atoms in total. The van der Waals surface area contributed by atoms with E-state index in [9.17, 15) is 13.2 Å². The van der Waals surface area contributed by atoms with Crippen LogP contribution in [0, 0.1) is 0 Å². The van der Waals surface area contributed by atoms with Crippen LogP contribution in [0.15, 0.2) is 41.4 Å². The third kappa shape index (κ3) is 3.96. The summed E-state index contributed by atoms with van der Waals surface area (Å²) in [5.74, 6) is -0.307. The van der Waals surface area contributed by atoms with Gasteiger partial charge in [-0.15, -0.1) is 0 Å². The van der Waals surface area contributed by atoms with Gasteiger partial charge in [-0.1, -0.05) is 19.4 Å². The third-order valence-electron chi connectivity index (χ3n) is 4.76. The van der Waals surface area contributed by atoms with E-state index in [4.69, 9.17) is 0 Å². The van der Waals surface area contributed by atoms with Crippen molar-refractivity contribution in [3.63, 3.8) is 0 Å². The van der Waals surface area contributed by atoms with Crippen molar-refractivity contribution in [3.05, 3.63) is 47.8 Å². The molecule has 1 amide bonds. The maximum atomic E-state index is 12.6. The lowest BCUT2D eigenvalue weighted by molar-refractivity contribution is 0.0933. The van der Waals surface area contributed by atoms with Crippen LogP contribution < -0.4 is 10.0 Å². The number of benzene rings is 1. The average molecular weight is 376 g/mol. The van der Waals surface area contributed by atoms with E-state index < -0.39 is 10.0 Å². The molecule has 1 fully saturated rings. The minimum absolute atomic E-state index is 0.00629. The molecule has 0 aliphatic heterocycles. The minimum atomic E-state index is -3.60. The van der Waals surface area contributed by atoms with Crippen molar-refractivity contribution in [1.82, 2.24) is 19.8 Å². The second-order valence-electron chi connectivity index (χ2n) is 6.59. The number of aryl methyl sites for hydroxylation is 1. The standard InChI is InChI=1S/C18H24N4O3S/c1-3-16(17-10-11-19-22(17)2)20-18(23)13-6-4-9-15(12-13)26(24,25)21-14-7-5-8-14/h4,6,9-12,14,16,21H,3,5,7-8H2,1-2H3,(H,20,23). The summed E-state index contributed by atoms with van der Waals surface area (Å²) in [6.07, 6.45) is 5.16. The highest BCUT2D eigenvalue weighted by Gasteiger charge is 2.25. The normalized spacial score (nSPS) is 16.1. The first-order chi connectivity index (χ1) is 12.4. The Morgan fingerprint density at radius 3 is 2.69 bits per heavy atom. The quantitative estimate of drug-likeness (QED) is 0.774. The highest BCUT2D eigenvalue weighted by molar-refractivity contribution is 7.89. The van der Waals surface area contributed by atoms with E-state index in [0.29, 0.717) is 12.0 Å². The van der Waals surface area contributed by atoms with Crippen LogP contribution >= 0.6 is 0 Å². The van der Waals surface area contributed by atoms with Crippen LogP contribution in [0.3, 0.4) is 0 Å². The molecule has 1 heterocycles. The van der Waals surface area contributed by atoms with E-state index >= 15 is 0 Å². The topological polar surface area (TPSA) is 93.1 Å². The fraction of sp³-hybridized carbons (Fsp3) is 0.444. The van der Waals surface area contributed by atoms with Gasteiger partial charge in [-0.2, -0.15) is 5.10 Å². The zero-order valence-electron chi connectivity index (χ0n) is 15.0. The number of carbonyl (C=O) groups is 1. The van der Waals surface area contributed by atoms with E-state index in [1.54, 1.807) is 23.0 Å².